The van der Waals surface area contributed by atoms with Crippen LogP contribution in [0.3, 0.4) is 0 Å². The van der Waals surface area contributed by atoms with Crippen molar-refractivity contribution in [2.75, 3.05) is 5.32 Å². The molecule has 0 atom stereocenters. The van der Waals surface area contributed by atoms with Crippen LogP contribution in [0.15, 0.2) is 0 Å². The summed E-state index contributed by atoms with van der Waals surface area (Å²) in [7, 11) is 0. The first-order chi connectivity index (χ1) is 6.79. The van der Waals surface area contributed by atoms with E-state index < -0.39 is 3.79 Å². The van der Waals surface area contributed by atoms with Gasteiger partial charge >= 0.3 is 0 Å². The Bertz CT molecular complexity index is 390. The predicted octanol–water partition coefficient (Wildman–Crippen LogP) is 1.97. The average Bonchev–Trinajstić information content (AvgIpc) is 1.99. The Hall–Kier alpha value is -0.650. The van der Waals surface area contributed by atoms with Gasteiger partial charge in [0.05, 0.1) is 0 Å². The number of halogens is 3. The first-order valence-electron chi connectivity index (χ1n) is 3.86. The van der Waals surface area contributed by atoms with Gasteiger partial charge in [0, 0.05) is 6.92 Å². The summed E-state index contributed by atoms with van der Waals surface area (Å²) in [6, 6.07) is 0. The molecule has 1 aromatic heterocycles. The molecule has 1 N–H and O–H groups in total. The van der Waals surface area contributed by atoms with Crippen LogP contribution >= 0.6 is 34.8 Å². The molecule has 1 rings (SSSR count). The lowest BCUT2D eigenvalue weighted by molar-refractivity contribution is -0.114. The fourth-order valence-electron chi connectivity index (χ4n) is 0.822. The number of carbonyl (C=O) groups excluding carboxylic acids is 1. The molecule has 5 nitrogen and oxygen atoms in total. The minimum atomic E-state index is -1.74. The SMILES string of the molecule is CC(=O)Nc1nc(C)nc(C(Cl)(Cl)Cl)n1. The number of nitrogens with zero attached hydrogens (tertiary/aromatic N) is 3. The van der Waals surface area contributed by atoms with E-state index in [1.54, 1.807) is 6.92 Å². The zero-order chi connectivity index (χ0) is 11.6. The summed E-state index contributed by atoms with van der Waals surface area (Å²) in [4.78, 5) is 22.3. The predicted molar refractivity (Wildman–Crippen MR) is 58.1 cm³/mol. The van der Waals surface area contributed by atoms with Gasteiger partial charge in [-0.15, -0.1) is 0 Å². The molecular formula is C7H7Cl3N4O. The molecule has 0 bridgehead atoms. The summed E-state index contributed by atoms with van der Waals surface area (Å²) in [6.07, 6.45) is 0. The number of amides is 1. The Morgan fingerprint density at radius 3 is 2.33 bits per heavy atom. The van der Waals surface area contributed by atoms with Gasteiger partial charge in [0.1, 0.15) is 5.82 Å². The summed E-state index contributed by atoms with van der Waals surface area (Å²) in [6.45, 7) is 2.93. The lowest BCUT2D eigenvalue weighted by Crippen LogP contribution is -2.15. The smallest absolute Gasteiger partial charge is 0.250 e. The maximum Gasteiger partial charge on any atom is 0.250 e. The van der Waals surface area contributed by atoms with Gasteiger partial charge in [-0.3, -0.25) is 10.1 Å². The summed E-state index contributed by atoms with van der Waals surface area (Å²) >= 11 is 16.8. The van der Waals surface area contributed by atoms with Gasteiger partial charge in [0.15, 0.2) is 5.82 Å². The van der Waals surface area contributed by atoms with Crippen molar-refractivity contribution in [3.05, 3.63) is 11.6 Å². The Morgan fingerprint density at radius 1 is 1.27 bits per heavy atom. The van der Waals surface area contributed by atoms with Gasteiger partial charge in [-0.2, -0.15) is 9.97 Å². The normalized spacial score (nSPS) is 11.3. The highest BCUT2D eigenvalue weighted by atomic mass is 35.6. The molecule has 0 fully saturated rings. The molecule has 0 unspecified atom stereocenters. The van der Waals surface area contributed by atoms with Crippen molar-refractivity contribution >= 4 is 46.7 Å². The Kier molecular flexibility index (Phi) is 3.70. The number of aryl methyl sites for hydroxylation is 1. The van der Waals surface area contributed by atoms with Gasteiger partial charge in [-0.25, -0.2) is 4.98 Å². The fourth-order valence-corrected chi connectivity index (χ4v) is 1.08. The van der Waals surface area contributed by atoms with Gasteiger partial charge in [0.2, 0.25) is 15.6 Å². The maximum absolute atomic E-state index is 10.8. The molecule has 0 aromatic carbocycles. The number of nitrogens with one attached hydrogen (secondary N) is 1. The van der Waals surface area contributed by atoms with Crippen molar-refractivity contribution in [1.82, 2.24) is 15.0 Å². The first kappa shape index (κ1) is 12.4. The highest BCUT2D eigenvalue weighted by Gasteiger charge is 2.27. The topological polar surface area (TPSA) is 67.8 Å². The molecule has 1 aromatic rings. The Balaban J connectivity index is 3.11. The first-order valence-corrected chi connectivity index (χ1v) is 5.00. The van der Waals surface area contributed by atoms with Gasteiger partial charge < -0.3 is 0 Å². The van der Waals surface area contributed by atoms with E-state index in [1.165, 1.54) is 6.92 Å². The molecule has 0 aliphatic heterocycles. The van der Waals surface area contributed by atoms with Gasteiger partial charge in [0.25, 0.3) is 0 Å². The second kappa shape index (κ2) is 4.47. The van der Waals surface area contributed by atoms with Crippen LogP contribution in [0, 0.1) is 6.92 Å². The van der Waals surface area contributed by atoms with E-state index in [4.69, 9.17) is 34.8 Å². The molecular weight excluding hydrogens is 262 g/mol. The third kappa shape index (κ3) is 3.77. The average molecular weight is 270 g/mol. The van der Waals surface area contributed by atoms with Crippen LogP contribution < -0.4 is 5.32 Å². The van der Waals surface area contributed by atoms with Gasteiger partial charge in [-0.1, -0.05) is 34.8 Å². The number of alkyl halides is 3. The Labute approximate surface area is 101 Å². The summed E-state index contributed by atoms with van der Waals surface area (Å²) in [5.41, 5.74) is 0. The number of hydrogen-bond donors (Lipinski definition) is 1. The number of carbonyl (C=O) groups is 1. The summed E-state index contributed by atoms with van der Waals surface area (Å²) in [5.74, 6) is 0.0889. The number of rotatable bonds is 1. The summed E-state index contributed by atoms with van der Waals surface area (Å²) < 4.78 is -1.74. The molecule has 0 spiro atoms. The molecule has 0 aliphatic carbocycles. The summed E-state index contributed by atoms with van der Waals surface area (Å²) in [5, 5.41) is 2.38. The Morgan fingerprint density at radius 2 is 1.87 bits per heavy atom. The maximum atomic E-state index is 10.8. The van der Waals surface area contributed by atoms with Crippen LogP contribution in [0.1, 0.15) is 18.6 Å². The number of anilines is 1. The van der Waals surface area contributed by atoms with Crippen LogP contribution in [0.4, 0.5) is 5.95 Å². The largest absolute Gasteiger partial charge is 0.295 e. The van der Waals surface area contributed by atoms with E-state index in [9.17, 15) is 4.79 Å². The van der Waals surface area contributed by atoms with E-state index in [2.05, 4.69) is 20.3 Å². The molecule has 15 heavy (non-hydrogen) atoms. The van der Waals surface area contributed by atoms with Crippen molar-refractivity contribution in [3.8, 4) is 0 Å². The molecule has 8 heteroatoms. The molecule has 1 heterocycles. The van der Waals surface area contributed by atoms with Crippen LogP contribution in [-0.2, 0) is 8.59 Å². The minimum Gasteiger partial charge on any atom is -0.295 e. The third-order valence-electron chi connectivity index (χ3n) is 1.29. The molecule has 1 amide bonds. The standard InChI is InChI=1S/C7H7Cl3N4O/c1-3-11-5(7(8,9)10)14-6(12-3)13-4(2)15/h1-2H3,(H,11,12,13,14,15). The second-order valence-corrected chi connectivity index (χ2v) is 4.99. The van der Waals surface area contributed by atoms with Crippen LogP contribution in [0.25, 0.3) is 0 Å². The fraction of sp³-hybridized carbons (Fsp3) is 0.429. The van der Waals surface area contributed by atoms with Crippen molar-refractivity contribution in [1.29, 1.82) is 0 Å². The number of hydrogen-bond acceptors (Lipinski definition) is 4. The van der Waals surface area contributed by atoms with Crippen LogP contribution in [-0.4, -0.2) is 20.9 Å². The molecule has 0 saturated heterocycles. The quantitative estimate of drug-likeness (QED) is 0.792. The number of aromatic nitrogens is 3. The highest BCUT2D eigenvalue weighted by Crippen LogP contribution is 2.35. The van der Waals surface area contributed by atoms with E-state index in [0.29, 0.717) is 5.82 Å². The highest BCUT2D eigenvalue weighted by molar-refractivity contribution is 6.66. The van der Waals surface area contributed by atoms with Crippen molar-refractivity contribution in [3.63, 3.8) is 0 Å². The zero-order valence-corrected chi connectivity index (χ0v) is 10.2. The lowest BCUT2D eigenvalue weighted by atomic mass is 10.6. The second-order valence-electron chi connectivity index (χ2n) is 2.71. The lowest BCUT2D eigenvalue weighted by Gasteiger charge is -2.10. The van der Waals surface area contributed by atoms with Gasteiger partial charge in [-0.05, 0) is 6.92 Å². The monoisotopic (exact) mass is 268 g/mol. The molecule has 82 valence electrons. The van der Waals surface area contributed by atoms with E-state index >= 15 is 0 Å². The van der Waals surface area contributed by atoms with Crippen LogP contribution in [0.2, 0.25) is 0 Å². The molecule has 0 aliphatic rings. The van der Waals surface area contributed by atoms with E-state index in [0.717, 1.165) is 0 Å². The van der Waals surface area contributed by atoms with Crippen molar-refractivity contribution < 1.29 is 4.79 Å². The molecule has 0 radical (unpaired) electrons. The van der Waals surface area contributed by atoms with E-state index in [1.807, 2.05) is 0 Å². The molecule has 0 saturated carbocycles. The van der Waals surface area contributed by atoms with E-state index in [-0.39, 0.29) is 17.7 Å². The van der Waals surface area contributed by atoms with Crippen molar-refractivity contribution in [2.45, 2.75) is 17.6 Å². The zero-order valence-electron chi connectivity index (χ0n) is 7.88. The third-order valence-corrected chi connectivity index (χ3v) is 1.80. The van der Waals surface area contributed by atoms with Crippen molar-refractivity contribution in [2.24, 2.45) is 0 Å². The van der Waals surface area contributed by atoms with Crippen LogP contribution in [0.5, 0.6) is 0 Å². The minimum absolute atomic E-state index is 0.0243.